The van der Waals surface area contributed by atoms with Gasteiger partial charge in [-0.25, -0.2) is 0 Å². The van der Waals surface area contributed by atoms with Crippen LogP contribution < -0.4 is 5.56 Å². The number of aryl methyl sites for hydroxylation is 1. The number of rotatable bonds is 3. The maximum atomic E-state index is 12.5. The number of hydrogen-bond acceptors (Lipinski definition) is 4. The minimum atomic E-state index is -0.283. The Hall–Kier alpha value is -1.20. The van der Waals surface area contributed by atoms with Gasteiger partial charge in [-0.1, -0.05) is 27.7 Å². The third-order valence-corrected chi connectivity index (χ3v) is 5.87. The normalized spacial score (nSPS) is 26.4. The molecule has 1 aliphatic heterocycles. The van der Waals surface area contributed by atoms with Crippen LogP contribution in [0, 0.1) is 24.7 Å². The van der Waals surface area contributed by atoms with Gasteiger partial charge in [-0.3, -0.25) is 4.79 Å². The van der Waals surface area contributed by atoms with Crippen molar-refractivity contribution in [2.75, 3.05) is 13.7 Å². The first-order valence-corrected chi connectivity index (χ1v) is 7.74. The van der Waals surface area contributed by atoms with Crippen molar-refractivity contribution in [3.05, 3.63) is 27.4 Å². The third kappa shape index (κ3) is 2.31. The highest BCUT2D eigenvalue weighted by Crippen LogP contribution is 2.58. The van der Waals surface area contributed by atoms with Gasteiger partial charge in [0.2, 0.25) is 0 Å². The van der Waals surface area contributed by atoms with Crippen LogP contribution >= 0.6 is 0 Å². The number of aromatic nitrogens is 2. The molecule has 0 amide bonds. The fraction of sp³-hybridized carbons (Fsp3) is 0.765. The molecule has 5 heteroatoms. The predicted molar refractivity (Wildman–Crippen MR) is 86.0 cm³/mol. The molecule has 0 unspecified atom stereocenters. The van der Waals surface area contributed by atoms with Gasteiger partial charge in [-0.15, -0.1) is 0 Å². The van der Waals surface area contributed by atoms with E-state index in [9.17, 15) is 4.79 Å². The van der Waals surface area contributed by atoms with Crippen LogP contribution in [0.3, 0.4) is 0 Å². The van der Waals surface area contributed by atoms with Crippen molar-refractivity contribution in [3.8, 4) is 0 Å². The van der Waals surface area contributed by atoms with E-state index < -0.39 is 0 Å². The van der Waals surface area contributed by atoms with Gasteiger partial charge in [0, 0.05) is 30.7 Å². The van der Waals surface area contributed by atoms with Crippen molar-refractivity contribution < 1.29 is 9.47 Å². The Morgan fingerprint density at radius 3 is 2.36 bits per heavy atom. The second-order valence-electron chi connectivity index (χ2n) is 7.43. The van der Waals surface area contributed by atoms with E-state index in [1.165, 1.54) is 0 Å². The molecule has 0 aliphatic carbocycles. The van der Waals surface area contributed by atoms with Crippen molar-refractivity contribution in [3.63, 3.8) is 0 Å². The van der Waals surface area contributed by atoms with E-state index in [0.29, 0.717) is 12.2 Å². The Labute approximate surface area is 132 Å². The van der Waals surface area contributed by atoms with Gasteiger partial charge in [0.05, 0.1) is 24.4 Å². The lowest BCUT2D eigenvalue weighted by molar-refractivity contribution is -0.0302. The second kappa shape index (κ2) is 5.46. The molecule has 1 fully saturated rings. The molecule has 0 bridgehead atoms. The van der Waals surface area contributed by atoms with Crippen molar-refractivity contribution in [2.24, 2.45) is 17.9 Å². The van der Waals surface area contributed by atoms with Crippen LogP contribution in [-0.2, 0) is 16.5 Å². The van der Waals surface area contributed by atoms with E-state index in [-0.39, 0.29) is 28.6 Å². The highest BCUT2D eigenvalue weighted by atomic mass is 16.5. The quantitative estimate of drug-likeness (QED) is 0.861. The zero-order valence-electron chi connectivity index (χ0n) is 15.0. The Morgan fingerprint density at radius 2 is 1.82 bits per heavy atom. The molecule has 2 heterocycles. The number of methoxy groups -OCH3 is 1. The van der Waals surface area contributed by atoms with Crippen molar-refractivity contribution in [1.82, 2.24) is 9.55 Å². The van der Waals surface area contributed by atoms with Gasteiger partial charge in [0.15, 0.2) is 0 Å². The first-order valence-electron chi connectivity index (χ1n) is 7.74. The molecular weight excluding hydrogens is 280 g/mol. The van der Waals surface area contributed by atoms with Crippen LogP contribution in [0.15, 0.2) is 4.79 Å². The first-order chi connectivity index (χ1) is 10.1. The van der Waals surface area contributed by atoms with E-state index in [1.54, 1.807) is 7.11 Å². The number of hydrogen-bond donors (Lipinski definition) is 0. The lowest BCUT2D eigenvalue weighted by Crippen LogP contribution is -2.39. The number of nitrogens with zero attached hydrogens (tertiary/aromatic N) is 2. The molecular formula is C17H28N2O3. The summed E-state index contributed by atoms with van der Waals surface area (Å²) in [7, 11) is 3.61. The molecule has 2 rings (SSSR count). The molecule has 1 aromatic rings. The molecule has 124 valence electrons. The molecule has 0 saturated carbocycles. The summed E-state index contributed by atoms with van der Waals surface area (Å²) < 4.78 is 13.6. The van der Waals surface area contributed by atoms with Gasteiger partial charge in [0.25, 0.3) is 5.56 Å². The van der Waals surface area contributed by atoms with Gasteiger partial charge in [0.1, 0.15) is 5.82 Å². The fourth-order valence-corrected chi connectivity index (χ4v) is 3.25. The third-order valence-electron chi connectivity index (χ3n) is 5.87. The summed E-state index contributed by atoms with van der Waals surface area (Å²) in [5.74, 6) is 0.717. The standard InChI is InChI=1S/C17H28N2O3/c1-10-13(15(20)18-11(2)19(10)7)14-17(5,6)16(3,4)12(22-14)9-21-8/h12,14H,9H2,1-8H3/t12-,14+/m1/s1. The molecule has 5 nitrogen and oxygen atoms in total. The number of ether oxygens (including phenoxy) is 2. The highest BCUT2D eigenvalue weighted by molar-refractivity contribution is 5.26. The summed E-state index contributed by atoms with van der Waals surface area (Å²) in [4.78, 5) is 16.7. The average molecular weight is 308 g/mol. The van der Waals surface area contributed by atoms with E-state index in [0.717, 1.165) is 11.5 Å². The SMILES string of the molecule is COC[C@H]1O[C@@H](c2c(C)n(C)c(C)nc2=O)C(C)(C)C1(C)C. The molecule has 0 spiro atoms. The summed E-state index contributed by atoms with van der Waals surface area (Å²) in [6, 6.07) is 0. The van der Waals surface area contributed by atoms with E-state index in [1.807, 2.05) is 25.5 Å². The van der Waals surface area contributed by atoms with Crippen LogP contribution in [0.1, 0.15) is 50.9 Å². The Balaban J connectivity index is 2.59. The molecule has 22 heavy (non-hydrogen) atoms. The smallest absolute Gasteiger partial charge is 0.279 e. The maximum Gasteiger partial charge on any atom is 0.279 e. The maximum absolute atomic E-state index is 12.5. The van der Waals surface area contributed by atoms with E-state index in [2.05, 4.69) is 32.7 Å². The monoisotopic (exact) mass is 308 g/mol. The van der Waals surface area contributed by atoms with Gasteiger partial charge < -0.3 is 14.0 Å². The van der Waals surface area contributed by atoms with Crippen LogP contribution in [0.2, 0.25) is 0 Å². The topological polar surface area (TPSA) is 53.4 Å². The lowest BCUT2D eigenvalue weighted by atomic mass is 9.63. The summed E-state index contributed by atoms with van der Waals surface area (Å²) in [6.07, 6.45) is -0.336. The Bertz CT molecular complexity index is 632. The molecule has 1 saturated heterocycles. The zero-order valence-corrected chi connectivity index (χ0v) is 15.0. The summed E-state index contributed by atoms with van der Waals surface area (Å²) in [6.45, 7) is 13.0. The largest absolute Gasteiger partial charge is 0.382 e. The van der Waals surface area contributed by atoms with Gasteiger partial charge >= 0.3 is 0 Å². The lowest BCUT2D eigenvalue weighted by Gasteiger charge is -2.38. The molecule has 0 N–H and O–H groups in total. The molecule has 1 aromatic heterocycles. The van der Waals surface area contributed by atoms with Crippen molar-refractivity contribution in [2.45, 2.75) is 53.8 Å². The van der Waals surface area contributed by atoms with Crippen molar-refractivity contribution >= 4 is 0 Å². The van der Waals surface area contributed by atoms with Crippen LogP contribution in [0.5, 0.6) is 0 Å². The van der Waals surface area contributed by atoms with Crippen LogP contribution in [0.25, 0.3) is 0 Å². The van der Waals surface area contributed by atoms with E-state index >= 15 is 0 Å². The minimum Gasteiger partial charge on any atom is -0.382 e. The summed E-state index contributed by atoms with van der Waals surface area (Å²) >= 11 is 0. The summed E-state index contributed by atoms with van der Waals surface area (Å²) in [5.41, 5.74) is 1.09. The van der Waals surface area contributed by atoms with Gasteiger partial charge in [-0.05, 0) is 13.8 Å². The molecule has 2 atom stereocenters. The Kier molecular flexibility index (Phi) is 4.26. The average Bonchev–Trinajstić information content (AvgIpc) is 2.58. The van der Waals surface area contributed by atoms with E-state index in [4.69, 9.17) is 9.47 Å². The molecule has 0 aromatic carbocycles. The van der Waals surface area contributed by atoms with Crippen LogP contribution in [0.4, 0.5) is 0 Å². The minimum absolute atomic E-state index is 0.0529. The fourth-order valence-electron chi connectivity index (χ4n) is 3.25. The highest BCUT2D eigenvalue weighted by Gasteiger charge is 2.57. The van der Waals surface area contributed by atoms with Gasteiger partial charge in [-0.2, -0.15) is 4.98 Å². The second-order valence-corrected chi connectivity index (χ2v) is 7.43. The summed E-state index contributed by atoms with van der Waals surface area (Å²) in [5, 5.41) is 0. The first kappa shape index (κ1) is 17.2. The van der Waals surface area contributed by atoms with Crippen molar-refractivity contribution in [1.29, 1.82) is 0 Å². The predicted octanol–water partition coefficient (Wildman–Crippen LogP) is 2.54. The van der Waals surface area contributed by atoms with Crippen LogP contribution in [-0.4, -0.2) is 29.4 Å². The molecule has 1 aliphatic rings. The Morgan fingerprint density at radius 1 is 1.23 bits per heavy atom. The zero-order chi connectivity index (χ0) is 16.9. The molecule has 0 radical (unpaired) electrons.